The van der Waals surface area contributed by atoms with Crippen LogP contribution in [0.4, 0.5) is 0 Å². The molecule has 1 rings (SSSR count). The summed E-state index contributed by atoms with van der Waals surface area (Å²) in [5, 5.41) is 0.700. The second-order valence-corrected chi connectivity index (χ2v) is 3.75. The Kier molecular flexibility index (Phi) is 7.75. The van der Waals surface area contributed by atoms with Crippen LogP contribution in [0.2, 0.25) is 5.02 Å². The summed E-state index contributed by atoms with van der Waals surface area (Å²) in [4.78, 5) is 0. The minimum absolute atomic E-state index is 0.512. The summed E-state index contributed by atoms with van der Waals surface area (Å²) < 4.78 is 15.9. The van der Waals surface area contributed by atoms with Gasteiger partial charge in [-0.2, -0.15) is 0 Å². The van der Waals surface area contributed by atoms with Gasteiger partial charge in [0.15, 0.2) is 0 Å². The fourth-order valence-corrected chi connectivity index (χ4v) is 1.28. The Morgan fingerprint density at radius 2 is 1.47 bits per heavy atom. The molecule has 0 aliphatic carbocycles. The van der Waals surface area contributed by atoms with E-state index < -0.39 is 0 Å². The molecule has 0 saturated carbocycles. The molecule has 0 saturated heterocycles. The summed E-state index contributed by atoms with van der Waals surface area (Å²) in [6.45, 7) is 3.29. The van der Waals surface area contributed by atoms with E-state index in [0.717, 1.165) is 5.75 Å². The van der Waals surface area contributed by atoms with Crippen molar-refractivity contribution in [2.24, 2.45) is 5.73 Å². The Morgan fingerprint density at radius 3 is 2.12 bits per heavy atom. The Hall–Kier alpha value is -0.810. The zero-order valence-electron chi connectivity index (χ0n) is 9.73. The van der Waals surface area contributed by atoms with Gasteiger partial charge in [-0.15, -0.1) is 0 Å². The highest BCUT2D eigenvalue weighted by Crippen LogP contribution is 2.15. The Balaban J connectivity index is 1.95. The van der Waals surface area contributed by atoms with Crippen LogP contribution in [0, 0.1) is 0 Å². The predicted octanol–water partition coefficient (Wildman–Crippen LogP) is 1.71. The Bertz CT molecular complexity index is 292. The monoisotopic (exact) mass is 259 g/mol. The largest absolute Gasteiger partial charge is 0.491 e. The first-order valence-electron chi connectivity index (χ1n) is 5.57. The van der Waals surface area contributed by atoms with Gasteiger partial charge < -0.3 is 19.9 Å². The van der Waals surface area contributed by atoms with Crippen molar-refractivity contribution >= 4 is 11.6 Å². The van der Waals surface area contributed by atoms with Crippen molar-refractivity contribution in [1.29, 1.82) is 0 Å². The molecule has 0 bridgehead atoms. The van der Waals surface area contributed by atoms with E-state index in [1.54, 1.807) is 12.1 Å². The number of halogens is 1. The summed E-state index contributed by atoms with van der Waals surface area (Å²) in [6.07, 6.45) is 0. The topological polar surface area (TPSA) is 53.7 Å². The van der Waals surface area contributed by atoms with E-state index in [4.69, 9.17) is 31.5 Å². The molecule has 5 heteroatoms. The standard InChI is InChI=1S/C12H18ClNO3/c13-11-1-3-12(4-2-11)17-10-9-16-8-7-15-6-5-14/h1-4H,5-10,14H2. The fourth-order valence-electron chi connectivity index (χ4n) is 1.15. The molecule has 0 radical (unpaired) electrons. The average molecular weight is 260 g/mol. The first-order valence-corrected chi connectivity index (χ1v) is 5.94. The maximum Gasteiger partial charge on any atom is 0.119 e. The normalized spacial score (nSPS) is 10.5. The van der Waals surface area contributed by atoms with E-state index in [0.29, 0.717) is 44.6 Å². The Labute approximate surface area is 107 Å². The molecule has 0 amide bonds. The minimum atomic E-state index is 0.512. The lowest BCUT2D eigenvalue weighted by Gasteiger charge is -2.07. The third kappa shape index (κ3) is 7.18. The highest BCUT2D eigenvalue weighted by Gasteiger charge is 1.94. The molecule has 0 heterocycles. The average Bonchev–Trinajstić information content (AvgIpc) is 2.35. The van der Waals surface area contributed by atoms with E-state index in [1.807, 2.05) is 12.1 Å². The molecule has 1 aromatic rings. The molecule has 0 unspecified atom stereocenters. The van der Waals surface area contributed by atoms with E-state index in [2.05, 4.69) is 0 Å². The lowest BCUT2D eigenvalue weighted by atomic mass is 10.3. The predicted molar refractivity (Wildman–Crippen MR) is 67.6 cm³/mol. The van der Waals surface area contributed by atoms with Gasteiger partial charge in [0.1, 0.15) is 12.4 Å². The van der Waals surface area contributed by atoms with Crippen LogP contribution in [-0.2, 0) is 9.47 Å². The van der Waals surface area contributed by atoms with Crippen molar-refractivity contribution in [3.63, 3.8) is 0 Å². The van der Waals surface area contributed by atoms with Crippen LogP contribution in [0.15, 0.2) is 24.3 Å². The van der Waals surface area contributed by atoms with E-state index in [9.17, 15) is 0 Å². The molecule has 1 aromatic carbocycles. The van der Waals surface area contributed by atoms with E-state index in [-0.39, 0.29) is 0 Å². The molecule has 17 heavy (non-hydrogen) atoms. The van der Waals surface area contributed by atoms with Crippen molar-refractivity contribution in [2.75, 3.05) is 39.6 Å². The lowest BCUT2D eigenvalue weighted by molar-refractivity contribution is 0.0388. The van der Waals surface area contributed by atoms with Crippen molar-refractivity contribution < 1.29 is 14.2 Å². The van der Waals surface area contributed by atoms with Gasteiger partial charge >= 0.3 is 0 Å². The number of hydrogen-bond acceptors (Lipinski definition) is 4. The molecule has 0 aromatic heterocycles. The molecule has 0 aliphatic rings. The van der Waals surface area contributed by atoms with Crippen LogP contribution in [0.5, 0.6) is 5.75 Å². The quantitative estimate of drug-likeness (QED) is 0.686. The van der Waals surface area contributed by atoms with Gasteiger partial charge in [-0.25, -0.2) is 0 Å². The van der Waals surface area contributed by atoms with Crippen molar-refractivity contribution in [3.8, 4) is 5.75 Å². The zero-order chi connectivity index (χ0) is 12.3. The van der Waals surface area contributed by atoms with Gasteiger partial charge in [0, 0.05) is 11.6 Å². The molecule has 0 spiro atoms. The van der Waals surface area contributed by atoms with E-state index >= 15 is 0 Å². The second-order valence-electron chi connectivity index (χ2n) is 3.32. The Morgan fingerprint density at radius 1 is 0.882 bits per heavy atom. The zero-order valence-corrected chi connectivity index (χ0v) is 10.5. The smallest absolute Gasteiger partial charge is 0.119 e. The first kappa shape index (κ1) is 14.3. The van der Waals surface area contributed by atoms with Gasteiger partial charge in [-0.3, -0.25) is 0 Å². The number of ether oxygens (including phenoxy) is 3. The fraction of sp³-hybridized carbons (Fsp3) is 0.500. The van der Waals surface area contributed by atoms with Gasteiger partial charge in [-0.1, -0.05) is 11.6 Å². The number of hydrogen-bond donors (Lipinski definition) is 1. The summed E-state index contributed by atoms with van der Waals surface area (Å²) >= 11 is 5.75. The van der Waals surface area contributed by atoms with Gasteiger partial charge in [-0.05, 0) is 24.3 Å². The molecular weight excluding hydrogens is 242 g/mol. The molecule has 96 valence electrons. The first-order chi connectivity index (χ1) is 8.33. The third-order valence-electron chi connectivity index (χ3n) is 1.94. The van der Waals surface area contributed by atoms with Crippen LogP contribution in [0.1, 0.15) is 0 Å². The SMILES string of the molecule is NCCOCCOCCOc1ccc(Cl)cc1. The summed E-state index contributed by atoms with van der Waals surface area (Å²) in [6, 6.07) is 7.23. The van der Waals surface area contributed by atoms with Crippen molar-refractivity contribution in [2.45, 2.75) is 0 Å². The lowest BCUT2D eigenvalue weighted by Crippen LogP contribution is -2.14. The van der Waals surface area contributed by atoms with Crippen molar-refractivity contribution in [1.82, 2.24) is 0 Å². The third-order valence-corrected chi connectivity index (χ3v) is 2.20. The molecule has 0 fully saturated rings. The molecule has 0 atom stereocenters. The summed E-state index contributed by atoms with van der Waals surface area (Å²) in [7, 11) is 0. The molecule has 4 nitrogen and oxygen atoms in total. The van der Waals surface area contributed by atoms with Crippen LogP contribution < -0.4 is 10.5 Å². The molecular formula is C12H18ClNO3. The maximum atomic E-state index is 5.75. The van der Waals surface area contributed by atoms with E-state index in [1.165, 1.54) is 0 Å². The van der Waals surface area contributed by atoms with Gasteiger partial charge in [0.05, 0.1) is 26.4 Å². The van der Waals surface area contributed by atoms with Crippen LogP contribution in [-0.4, -0.2) is 39.6 Å². The number of rotatable bonds is 9. The van der Waals surface area contributed by atoms with Gasteiger partial charge in [0.25, 0.3) is 0 Å². The number of nitrogens with two attached hydrogens (primary N) is 1. The van der Waals surface area contributed by atoms with Gasteiger partial charge in [0.2, 0.25) is 0 Å². The highest BCUT2D eigenvalue weighted by molar-refractivity contribution is 6.30. The summed E-state index contributed by atoms with van der Waals surface area (Å²) in [5.74, 6) is 0.789. The minimum Gasteiger partial charge on any atom is -0.491 e. The number of benzene rings is 1. The van der Waals surface area contributed by atoms with Crippen LogP contribution in [0.3, 0.4) is 0 Å². The highest BCUT2D eigenvalue weighted by atomic mass is 35.5. The van der Waals surface area contributed by atoms with Crippen molar-refractivity contribution in [3.05, 3.63) is 29.3 Å². The molecule has 0 aliphatic heterocycles. The summed E-state index contributed by atoms with van der Waals surface area (Å²) in [5.41, 5.74) is 5.27. The maximum absolute atomic E-state index is 5.75. The van der Waals surface area contributed by atoms with Crippen LogP contribution >= 0.6 is 11.6 Å². The second kappa shape index (κ2) is 9.24. The van der Waals surface area contributed by atoms with Crippen LogP contribution in [0.25, 0.3) is 0 Å². The molecule has 2 N–H and O–H groups in total.